The van der Waals surface area contributed by atoms with Crippen LogP contribution in [0.3, 0.4) is 0 Å². The lowest BCUT2D eigenvalue weighted by molar-refractivity contribution is -0.131. The van der Waals surface area contributed by atoms with Crippen molar-refractivity contribution in [2.24, 2.45) is 0 Å². The zero-order valence-electron chi connectivity index (χ0n) is 8.61. The highest BCUT2D eigenvalue weighted by Crippen LogP contribution is 2.05. The summed E-state index contributed by atoms with van der Waals surface area (Å²) in [6.45, 7) is 2.12. The van der Waals surface area contributed by atoms with Gasteiger partial charge >= 0.3 is 0 Å². The number of ketones is 1. The maximum Gasteiger partial charge on any atom is 0.167 e. The molecule has 0 bridgehead atoms. The lowest BCUT2D eigenvalue weighted by atomic mass is 10.1. The van der Waals surface area contributed by atoms with Crippen molar-refractivity contribution in [1.82, 2.24) is 5.32 Å². The van der Waals surface area contributed by atoms with Crippen molar-refractivity contribution in [3.63, 3.8) is 0 Å². The number of Topliss-reactive ketones (excluding diaryl/α,β-unsaturated/α-hetero) is 1. The summed E-state index contributed by atoms with van der Waals surface area (Å²) in [6, 6.07) is 9.78. The van der Waals surface area contributed by atoms with Gasteiger partial charge in [0, 0.05) is 19.5 Å². The Morgan fingerprint density at radius 3 is 2.87 bits per heavy atom. The summed E-state index contributed by atoms with van der Waals surface area (Å²) in [5.74, 6) is 0.161. The number of carbonyl (C=O) groups excluding carboxylic acids is 1. The minimum absolute atomic E-state index is 0.161. The van der Waals surface area contributed by atoms with Gasteiger partial charge in [-0.15, -0.1) is 0 Å². The number of rotatable bonds is 3. The Balaban J connectivity index is 1.91. The van der Waals surface area contributed by atoms with Crippen LogP contribution in [0, 0.1) is 0 Å². The van der Waals surface area contributed by atoms with E-state index in [-0.39, 0.29) is 11.9 Å². The van der Waals surface area contributed by atoms with Crippen LogP contribution in [-0.2, 0) is 16.0 Å². The van der Waals surface area contributed by atoms with Crippen molar-refractivity contribution in [3.8, 4) is 0 Å². The summed E-state index contributed by atoms with van der Waals surface area (Å²) in [6.07, 6.45) is 0.201. The van der Waals surface area contributed by atoms with Gasteiger partial charge in [-0.1, -0.05) is 30.3 Å². The van der Waals surface area contributed by atoms with E-state index in [1.807, 2.05) is 30.3 Å². The number of benzene rings is 1. The summed E-state index contributed by atoms with van der Waals surface area (Å²) in [5.41, 5.74) is 1.05. The third-order valence-electron chi connectivity index (χ3n) is 2.51. The molecule has 0 radical (unpaired) electrons. The summed E-state index contributed by atoms with van der Waals surface area (Å²) < 4.78 is 5.40. The molecule has 3 nitrogen and oxygen atoms in total. The molecule has 1 atom stereocenters. The Labute approximate surface area is 89.4 Å². The molecule has 0 amide bonds. The van der Waals surface area contributed by atoms with Crippen LogP contribution in [0.25, 0.3) is 0 Å². The first-order chi connectivity index (χ1) is 7.36. The average molecular weight is 205 g/mol. The fourth-order valence-electron chi connectivity index (χ4n) is 1.68. The first-order valence-corrected chi connectivity index (χ1v) is 5.25. The molecular weight excluding hydrogens is 190 g/mol. The van der Waals surface area contributed by atoms with Gasteiger partial charge in [0.25, 0.3) is 0 Å². The van der Waals surface area contributed by atoms with E-state index >= 15 is 0 Å². The van der Waals surface area contributed by atoms with Gasteiger partial charge < -0.3 is 10.1 Å². The molecule has 2 rings (SSSR count). The molecule has 0 spiro atoms. The normalized spacial score (nSPS) is 21.2. The van der Waals surface area contributed by atoms with Crippen LogP contribution in [0.5, 0.6) is 0 Å². The quantitative estimate of drug-likeness (QED) is 0.792. The van der Waals surface area contributed by atoms with Crippen LogP contribution in [0.1, 0.15) is 5.56 Å². The summed E-state index contributed by atoms with van der Waals surface area (Å²) >= 11 is 0. The van der Waals surface area contributed by atoms with Crippen molar-refractivity contribution >= 4 is 5.78 Å². The standard InChI is InChI=1S/C12H15NO2/c14-11(12-9-13-6-7-15-12)8-10-4-2-1-3-5-10/h1-5,12-13H,6-9H2. The third-order valence-corrected chi connectivity index (χ3v) is 2.51. The lowest BCUT2D eigenvalue weighted by Gasteiger charge is -2.22. The number of nitrogens with one attached hydrogen (secondary N) is 1. The Morgan fingerprint density at radius 2 is 2.20 bits per heavy atom. The molecule has 0 saturated carbocycles. The van der Waals surface area contributed by atoms with Crippen LogP contribution in [-0.4, -0.2) is 31.6 Å². The van der Waals surface area contributed by atoms with Crippen LogP contribution < -0.4 is 5.32 Å². The molecule has 15 heavy (non-hydrogen) atoms. The van der Waals surface area contributed by atoms with Crippen LogP contribution in [0.15, 0.2) is 30.3 Å². The van der Waals surface area contributed by atoms with E-state index in [4.69, 9.17) is 4.74 Å². The second-order valence-corrected chi connectivity index (χ2v) is 3.69. The molecule has 1 fully saturated rings. The highest BCUT2D eigenvalue weighted by molar-refractivity contribution is 5.85. The van der Waals surface area contributed by atoms with Gasteiger partial charge in [-0.2, -0.15) is 0 Å². The fraction of sp³-hybridized carbons (Fsp3) is 0.417. The third kappa shape index (κ3) is 2.88. The molecule has 0 aromatic heterocycles. The summed E-state index contributed by atoms with van der Waals surface area (Å²) in [4.78, 5) is 11.8. The molecule has 3 heteroatoms. The Kier molecular flexibility index (Phi) is 3.48. The highest BCUT2D eigenvalue weighted by atomic mass is 16.5. The molecule has 1 heterocycles. The topological polar surface area (TPSA) is 38.3 Å². The molecule has 1 aliphatic rings. The molecule has 1 saturated heterocycles. The van der Waals surface area contributed by atoms with Crippen LogP contribution in [0.4, 0.5) is 0 Å². The van der Waals surface area contributed by atoms with Crippen molar-refractivity contribution in [2.75, 3.05) is 19.7 Å². The maximum atomic E-state index is 11.8. The zero-order valence-corrected chi connectivity index (χ0v) is 8.61. The largest absolute Gasteiger partial charge is 0.368 e. The van der Waals surface area contributed by atoms with Gasteiger partial charge in [-0.3, -0.25) is 4.79 Å². The highest BCUT2D eigenvalue weighted by Gasteiger charge is 2.21. The van der Waals surface area contributed by atoms with Crippen molar-refractivity contribution < 1.29 is 9.53 Å². The van der Waals surface area contributed by atoms with Gasteiger partial charge in [0.1, 0.15) is 6.10 Å². The SMILES string of the molecule is O=C(Cc1ccccc1)C1CNCCO1. The van der Waals surface area contributed by atoms with Crippen LogP contribution >= 0.6 is 0 Å². The van der Waals surface area contributed by atoms with Crippen molar-refractivity contribution in [3.05, 3.63) is 35.9 Å². The van der Waals surface area contributed by atoms with Crippen molar-refractivity contribution in [2.45, 2.75) is 12.5 Å². The first kappa shape index (κ1) is 10.3. The molecular formula is C12H15NO2. The second kappa shape index (κ2) is 5.05. The zero-order chi connectivity index (χ0) is 10.5. The molecule has 80 valence electrons. The number of hydrogen-bond donors (Lipinski definition) is 1. The van der Waals surface area contributed by atoms with Gasteiger partial charge in [-0.25, -0.2) is 0 Å². The van der Waals surface area contributed by atoms with Gasteiger partial charge in [0.2, 0.25) is 0 Å². The summed E-state index contributed by atoms with van der Waals surface area (Å²) in [7, 11) is 0. The van der Waals surface area contributed by atoms with E-state index in [0.29, 0.717) is 19.6 Å². The number of hydrogen-bond acceptors (Lipinski definition) is 3. The fourth-order valence-corrected chi connectivity index (χ4v) is 1.68. The minimum atomic E-state index is -0.265. The second-order valence-electron chi connectivity index (χ2n) is 3.69. The number of carbonyl (C=O) groups is 1. The molecule has 1 aromatic carbocycles. The number of morpholine rings is 1. The number of ether oxygens (including phenoxy) is 1. The lowest BCUT2D eigenvalue weighted by Crippen LogP contribution is -2.43. The van der Waals surface area contributed by atoms with E-state index in [0.717, 1.165) is 12.1 Å². The van der Waals surface area contributed by atoms with E-state index in [2.05, 4.69) is 5.32 Å². The van der Waals surface area contributed by atoms with Crippen molar-refractivity contribution in [1.29, 1.82) is 0 Å². The molecule has 1 N–H and O–H groups in total. The van der Waals surface area contributed by atoms with Crippen LogP contribution in [0.2, 0.25) is 0 Å². The van der Waals surface area contributed by atoms with E-state index in [9.17, 15) is 4.79 Å². The van der Waals surface area contributed by atoms with E-state index in [1.54, 1.807) is 0 Å². The van der Waals surface area contributed by atoms with E-state index < -0.39 is 0 Å². The molecule has 1 aromatic rings. The maximum absolute atomic E-state index is 11.8. The smallest absolute Gasteiger partial charge is 0.167 e. The molecule has 1 unspecified atom stereocenters. The predicted molar refractivity (Wildman–Crippen MR) is 57.8 cm³/mol. The molecule has 0 aliphatic carbocycles. The van der Waals surface area contributed by atoms with Gasteiger partial charge in [0.15, 0.2) is 5.78 Å². The Hall–Kier alpha value is -1.19. The Bertz CT molecular complexity index is 318. The van der Waals surface area contributed by atoms with Gasteiger partial charge in [-0.05, 0) is 5.56 Å². The summed E-state index contributed by atoms with van der Waals surface area (Å²) in [5, 5.41) is 3.16. The average Bonchev–Trinajstić information content (AvgIpc) is 2.31. The van der Waals surface area contributed by atoms with E-state index in [1.165, 1.54) is 0 Å². The monoisotopic (exact) mass is 205 g/mol. The Morgan fingerprint density at radius 1 is 1.40 bits per heavy atom. The minimum Gasteiger partial charge on any atom is -0.368 e. The molecule has 1 aliphatic heterocycles. The predicted octanol–water partition coefficient (Wildman–Crippen LogP) is 0.787. The first-order valence-electron chi connectivity index (χ1n) is 5.25. The van der Waals surface area contributed by atoms with Gasteiger partial charge in [0.05, 0.1) is 6.61 Å².